The third-order valence-electron chi connectivity index (χ3n) is 7.36. The molecule has 7 heteroatoms. The summed E-state index contributed by atoms with van der Waals surface area (Å²) in [6.07, 6.45) is 5.32. The number of aliphatic hydroxyl groups is 1. The van der Waals surface area contributed by atoms with Crippen LogP contribution < -0.4 is 4.74 Å². The number of benzene rings is 2. The quantitative estimate of drug-likeness (QED) is 0.485. The van der Waals surface area contributed by atoms with Crippen molar-refractivity contribution in [2.75, 3.05) is 19.6 Å². The number of piperidine rings is 1. The van der Waals surface area contributed by atoms with E-state index >= 15 is 0 Å². The van der Waals surface area contributed by atoms with Crippen molar-refractivity contribution in [2.24, 2.45) is 5.92 Å². The molecule has 2 atom stereocenters. The molecular formula is C29H29ClN2O4. The second kappa shape index (κ2) is 10.1. The molecule has 36 heavy (non-hydrogen) atoms. The largest absolute Gasteiger partial charge is 0.487 e. The first-order valence-corrected chi connectivity index (χ1v) is 12.6. The van der Waals surface area contributed by atoms with Crippen LogP contribution in [0.25, 0.3) is 5.57 Å². The highest BCUT2D eigenvalue weighted by Gasteiger charge is 2.40. The smallest absolute Gasteiger partial charge is 0.335 e. The summed E-state index contributed by atoms with van der Waals surface area (Å²) < 4.78 is 5.98. The van der Waals surface area contributed by atoms with Crippen molar-refractivity contribution < 1.29 is 19.7 Å². The molecule has 2 aromatic carbocycles. The van der Waals surface area contributed by atoms with Crippen molar-refractivity contribution in [3.63, 3.8) is 0 Å². The molecule has 1 fully saturated rings. The van der Waals surface area contributed by atoms with E-state index in [2.05, 4.69) is 22.9 Å². The Labute approximate surface area is 215 Å². The van der Waals surface area contributed by atoms with Crippen LogP contribution in [-0.2, 0) is 12.2 Å². The molecule has 3 heterocycles. The van der Waals surface area contributed by atoms with Crippen LogP contribution in [0.2, 0.25) is 5.02 Å². The van der Waals surface area contributed by atoms with E-state index in [0.717, 1.165) is 54.0 Å². The lowest BCUT2D eigenvalue weighted by atomic mass is 9.77. The van der Waals surface area contributed by atoms with Crippen LogP contribution in [-0.4, -0.2) is 45.7 Å². The molecule has 6 nitrogen and oxygen atoms in total. The zero-order valence-corrected chi connectivity index (χ0v) is 20.9. The highest BCUT2D eigenvalue weighted by molar-refractivity contribution is 6.30. The standard InChI is InChI=1S/C29H29ClN2O4/c1-19-17-32(15-12-29(19,35)21-7-9-22(30)10-8-21)14-3-5-23-24-4-2-13-31-26(24)18-36-27-11-6-20(28(33)34)16-25(23)27/h2,4-11,13,16,19,35H,3,12,14-15,17-18H2,1H3,(H,33,34). The fraction of sp³-hybridized carbons (Fsp3) is 0.310. The molecule has 0 spiro atoms. The van der Waals surface area contributed by atoms with E-state index < -0.39 is 11.6 Å². The number of ether oxygens (including phenoxy) is 1. The Morgan fingerprint density at radius 1 is 1.22 bits per heavy atom. The Balaban J connectivity index is 1.36. The monoisotopic (exact) mass is 504 g/mol. The van der Waals surface area contributed by atoms with Gasteiger partial charge in [0.05, 0.1) is 16.9 Å². The topological polar surface area (TPSA) is 82.9 Å². The molecule has 2 N–H and O–H groups in total. The maximum absolute atomic E-state index is 11.6. The minimum absolute atomic E-state index is 0.0649. The number of fused-ring (bicyclic) bond motifs is 2. The summed E-state index contributed by atoms with van der Waals surface area (Å²) in [5.74, 6) is -0.248. The predicted molar refractivity (Wildman–Crippen MR) is 139 cm³/mol. The molecule has 0 saturated carbocycles. The Morgan fingerprint density at radius 3 is 2.78 bits per heavy atom. The zero-order valence-electron chi connectivity index (χ0n) is 20.2. The van der Waals surface area contributed by atoms with Crippen molar-refractivity contribution in [2.45, 2.75) is 32.0 Å². The summed E-state index contributed by atoms with van der Waals surface area (Å²) in [5, 5.41) is 21.6. The second-order valence-electron chi connectivity index (χ2n) is 9.59. The lowest BCUT2D eigenvalue weighted by Gasteiger charge is -2.43. The zero-order chi connectivity index (χ0) is 25.3. The van der Waals surface area contributed by atoms with Crippen molar-refractivity contribution in [3.05, 3.63) is 99.8 Å². The van der Waals surface area contributed by atoms with Gasteiger partial charge in [-0.3, -0.25) is 4.98 Å². The average molecular weight is 505 g/mol. The molecule has 0 bridgehead atoms. The Morgan fingerprint density at radius 2 is 2.03 bits per heavy atom. The van der Waals surface area contributed by atoms with E-state index in [-0.39, 0.29) is 11.5 Å². The Kier molecular flexibility index (Phi) is 6.84. The van der Waals surface area contributed by atoms with Gasteiger partial charge in [0.1, 0.15) is 12.4 Å². The minimum Gasteiger partial charge on any atom is -0.487 e. The van der Waals surface area contributed by atoms with Crippen molar-refractivity contribution in [1.29, 1.82) is 0 Å². The first-order chi connectivity index (χ1) is 17.3. The number of nitrogens with zero attached hydrogens (tertiary/aromatic N) is 2. The number of aromatic carboxylic acids is 1. The summed E-state index contributed by atoms with van der Waals surface area (Å²) in [5.41, 5.74) is 3.77. The van der Waals surface area contributed by atoms with Crippen molar-refractivity contribution in [1.82, 2.24) is 9.88 Å². The average Bonchev–Trinajstić information content (AvgIpc) is 3.03. The van der Waals surface area contributed by atoms with E-state index in [0.29, 0.717) is 23.8 Å². The third-order valence-corrected chi connectivity index (χ3v) is 7.61. The van der Waals surface area contributed by atoms with Gasteiger partial charge in [0.15, 0.2) is 0 Å². The van der Waals surface area contributed by atoms with Crippen molar-refractivity contribution in [3.8, 4) is 5.75 Å². The number of halogens is 1. The van der Waals surface area contributed by atoms with E-state index in [9.17, 15) is 15.0 Å². The number of carbonyl (C=O) groups is 1. The summed E-state index contributed by atoms with van der Waals surface area (Å²) in [6.45, 7) is 4.82. The molecule has 186 valence electrons. The van der Waals surface area contributed by atoms with Crippen LogP contribution in [0.4, 0.5) is 0 Å². The molecule has 0 aliphatic carbocycles. The van der Waals surface area contributed by atoms with E-state index in [1.165, 1.54) is 0 Å². The molecule has 1 saturated heterocycles. The van der Waals surface area contributed by atoms with E-state index in [1.807, 2.05) is 36.4 Å². The normalized spacial score (nSPS) is 22.9. The van der Waals surface area contributed by atoms with Gasteiger partial charge in [0.2, 0.25) is 0 Å². The SMILES string of the molecule is CC1CN(CCC=C2c3cc(C(=O)O)ccc3OCc3ncccc32)CCC1(O)c1ccc(Cl)cc1. The number of carboxylic acids is 1. The Hall–Kier alpha value is -3.19. The number of hydrogen-bond donors (Lipinski definition) is 2. The summed E-state index contributed by atoms with van der Waals surface area (Å²) in [7, 11) is 0. The maximum atomic E-state index is 11.6. The summed E-state index contributed by atoms with van der Waals surface area (Å²) in [4.78, 5) is 18.5. The van der Waals surface area contributed by atoms with Gasteiger partial charge in [-0.05, 0) is 60.4 Å². The van der Waals surface area contributed by atoms with Gasteiger partial charge in [-0.2, -0.15) is 0 Å². The van der Waals surface area contributed by atoms with Crippen LogP contribution in [0.3, 0.4) is 0 Å². The van der Waals surface area contributed by atoms with Crippen LogP contribution >= 0.6 is 11.6 Å². The molecule has 2 unspecified atom stereocenters. The molecule has 0 amide bonds. The summed E-state index contributed by atoms with van der Waals surface area (Å²) in [6, 6.07) is 16.4. The van der Waals surface area contributed by atoms with Crippen molar-refractivity contribution >= 4 is 23.1 Å². The van der Waals surface area contributed by atoms with Gasteiger partial charge in [0.25, 0.3) is 0 Å². The number of hydrogen-bond acceptors (Lipinski definition) is 5. The first-order valence-electron chi connectivity index (χ1n) is 12.2. The number of rotatable bonds is 5. The molecule has 1 aromatic heterocycles. The number of pyridine rings is 1. The van der Waals surface area contributed by atoms with Gasteiger partial charge >= 0.3 is 5.97 Å². The first kappa shape index (κ1) is 24.5. The van der Waals surface area contributed by atoms with Crippen LogP contribution in [0.15, 0.2) is 66.9 Å². The lowest BCUT2D eigenvalue weighted by molar-refractivity contribution is -0.0706. The Bertz CT molecular complexity index is 1310. The van der Waals surface area contributed by atoms with Gasteiger partial charge in [-0.25, -0.2) is 4.79 Å². The molecular weight excluding hydrogens is 476 g/mol. The van der Waals surface area contributed by atoms with Gasteiger partial charge in [-0.1, -0.05) is 42.8 Å². The number of carboxylic acid groups (broad SMARTS) is 1. The molecule has 5 rings (SSSR count). The van der Waals surface area contributed by atoms with Gasteiger partial charge in [0, 0.05) is 47.9 Å². The minimum atomic E-state index is -0.969. The maximum Gasteiger partial charge on any atom is 0.335 e. The van der Waals surface area contributed by atoms with Crippen LogP contribution in [0, 0.1) is 5.92 Å². The highest BCUT2D eigenvalue weighted by Crippen LogP contribution is 2.39. The predicted octanol–water partition coefficient (Wildman–Crippen LogP) is 5.38. The molecule has 2 aliphatic heterocycles. The third kappa shape index (κ3) is 4.76. The van der Waals surface area contributed by atoms with Gasteiger partial charge in [-0.15, -0.1) is 0 Å². The number of likely N-dealkylation sites (tertiary alicyclic amines) is 1. The lowest BCUT2D eigenvalue weighted by Crippen LogP contribution is -2.49. The van der Waals surface area contributed by atoms with E-state index in [1.54, 1.807) is 24.4 Å². The molecule has 2 aliphatic rings. The fourth-order valence-corrected chi connectivity index (χ4v) is 5.40. The van der Waals surface area contributed by atoms with Crippen LogP contribution in [0.5, 0.6) is 5.75 Å². The van der Waals surface area contributed by atoms with Gasteiger partial charge < -0.3 is 19.8 Å². The van der Waals surface area contributed by atoms with E-state index in [4.69, 9.17) is 16.3 Å². The fourth-order valence-electron chi connectivity index (χ4n) is 5.28. The molecule has 0 radical (unpaired) electrons. The highest BCUT2D eigenvalue weighted by atomic mass is 35.5. The second-order valence-corrected chi connectivity index (χ2v) is 10.0. The number of aromatic nitrogens is 1. The van der Waals surface area contributed by atoms with Crippen LogP contribution in [0.1, 0.15) is 52.5 Å². The summed E-state index contributed by atoms with van der Waals surface area (Å²) >= 11 is 6.04. The molecule has 3 aromatic rings.